The summed E-state index contributed by atoms with van der Waals surface area (Å²) in [6, 6.07) is 162. The van der Waals surface area contributed by atoms with Crippen LogP contribution in [-0.4, -0.2) is 34.7 Å². The molecule has 125 heavy (non-hydrogen) atoms. The fourth-order valence-corrected chi connectivity index (χ4v) is 18.8. The molecule has 0 bridgehead atoms. The van der Waals surface area contributed by atoms with Crippen molar-refractivity contribution in [1.82, 2.24) is 19.5 Å². The summed E-state index contributed by atoms with van der Waals surface area (Å²) in [6.45, 7) is 0. The zero-order valence-corrected chi connectivity index (χ0v) is 69.3. The lowest BCUT2D eigenvalue weighted by atomic mass is 9.86. The van der Waals surface area contributed by atoms with E-state index in [1.807, 2.05) is 91.0 Å². The van der Waals surface area contributed by atoms with E-state index in [0.29, 0.717) is 17.2 Å². The molecule has 4 aromatic heterocycles. The molecule has 0 unspecified atom stereocenters. The molecule has 0 aliphatic carbocycles. The molecule has 23 aromatic rings. The van der Waals surface area contributed by atoms with Crippen molar-refractivity contribution in [3.63, 3.8) is 0 Å². The lowest BCUT2D eigenvalue weighted by Gasteiger charge is -2.27. The molecule has 10 heteroatoms. The highest BCUT2D eigenvalue weighted by Gasteiger charge is 2.46. The molecule has 0 saturated heterocycles. The van der Waals surface area contributed by atoms with Gasteiger partial charge in [0, 0.05) is 84.7 Å². The number of hydrogen-bond acceptors (Lipinski definition) is 8. The smallest absolute Gasteiger partial charge is 0.576 e. The molecule has 0 aliphatic heterocycles. The monoisotopic (exact) mass is 1620 g/mol. The van der Waals surface area contributed by atoms with Gasteiger partial charge in [-0.2, -0.15) is 0 Å². The third-order valence-corrected chi connectivity index (χ3v) is 24.6. The normalized spacial score (nSPS) is 11.2. The fraction of sp³-hybridized carbons (Fsp3) is 0. The Balaban J connectivity index is 0.000000116. The molecule has 4 heterocycles. The van der Waals surface area contributed by atoms with Gasteiger partial charge in [0.1, 0.15) is 33.8 Å². The molecule has 23 rings (SSSR count). The van der Waals surface area contributed by atoms with E-state index in [0.717, 1.165) is 66.8 Å². The maximum atomic E-state index is 6.41. The van der Waals surface area contributed by atoms with Gasteiger partial charge in [-0.1, -0.05) is 334 Å². The van der Waals surface area contributed by atoms with Crippen molar-refractivity contribution in [3.05, 3.63) is 480 Å². The van der Waals surface area contributed by atoms with Crippen molar-refractivity contribution >= 4 is 147 Å². The van der Waals surface area contributed by atoms with E-state index in [1.165, 1.54) is 115 Å². The van der Waals surface area contributed by atoms with Gasteiger partial charge >= 0.3 is 15.1 Å². The number of para-hydroxylation sites is 7. The Kier molecular flexibility index (Phi) is 21.0. The molecular formula is C115H79AlN6O3. The zero-order valence-electron chi connectivity index (χ0n) is 68.1. The Morgan fingerprint density at radius 1 is 0.208 bits per heavy atom. The van der Waals surface area contributed by atoms with Crippen molar-refractivity contribution in [1.29, 1.82) is 0 Å². The number of hydrogen-bond donors (Lipinski definition) is 0. The summed E-state index contributed by atoms with van der Waals surface area (Å²) in [7, 11) is 0. The van der Waals surface area contributed by atoms with Crippen LogP contribution in [0, 0.1) is 0 Å². The van der Waals surface area contributed by atoms with Gasteiger partial charge in [-0.3, -0.25) is 15.0 Å². The van der Waals surface area contributed by atoms with Gasteiger partial charge in [0.15, 0.2) is 0 Å². The van der Waals surface area contributed by atoms with Crippen LogP contribution in [-0.2, 0) is 0 Å². The number of pyridine rings is 3. The summed E-state index contributed by atoms with van der Waals surface area (Å²) in [5.74, 6) is 1.82. The molecule has 0 aliphatic rings. The number of rotatable bonds is 17. The molecule has 590 valence electrons. The van der Waals surface area contributed by atoms with Gasteiger partial charge in [-0.15, -0.1) is 0 Å². The maximum Gasteiger partial charge on any atom is 1.20 e. The first-order valence-corrected chi connectivity index (χ1v) is 43.5. The quantitative estimate of drug-likeness (QED) is 0.0659. The minimum atomic E-state index is -2.86. The Morgan fingerprint density at radius 2 is 0.512 bits per heavy atom. The van der Waals surface area contributed by atoms with Crippen LogP contribution in [0.3, 0.4) is 0 Å². The standard InChI is InChI=1S/C44H32N2.C44H29N.3C9H7NO.Al/c1-3-17-37(18-4-1)45(43-23-11-15-35-13-7-9-21-41(35)43)39-29-25-33(26-30-39)34-27-31-40(32-28-34)46(38-19-5-2-6-20-38)44-24-12-16-36-14-8-10-22-42(36)44;1-3-13-31(14-4-1)43-36-18-7-9-20-38(36)44(39-21-10-8-19-37(39)43)32-25-23-30(24-26-32)33-27-28-42-40(29-33)35-17-11-12-22-41(35)45(42)34-15-5-2-6-16-34;3*11-8-5-1-3-7-4-2-6-10-9(7)8;/h1-32H;1-29H;3*1-6,11H;/q;;;;;+3/p-3. The predicted molar refractivity (Wildman–Crippen MR) is 521 cm³/mol. The summed E-state index contributed by atoms with van der Waals surface area (Å²) >= 11 is -2.86. The van der Waals surface area contributed by atoms with Gasteiger partial charge < -0.3 is 25.7 Å². The van der Waals surface area contributed by atoms with Crippen LogP contribution in [0.25, 0.3) is 148 Å². The molecule has 0 saturated carbocycles. The zero-order chi connectivity index (χ0) is 83.2. The predicted octanol–water partition coefficient (Wildman–Crippen LogP) is 30.5. The first-order valence-electron chi connectivity index (χ1n) is 42.1. The van der Waals surface area contributed by atoms with Crippen LogP contribution in [0.2, 0.25) is 0 Å². The van der Waals surface area contributed by atoms with Crippen LogP contribution >= 0.6 is 0 Å². The van der Waals surface area contributed by atoms with E-state index in [4.69, 9.17) is 11.4 Å². The van der Waals surface area contributed by atoms with E-state index in [-0.39, 0.29) is 0 Å². The summed E-state index contributed by atoms with van der Waals surface area (Å²) in [6.07, 6.45) is 5.24. The second-order valence-corrected chi connectivity index (χ2v) is 32.1. The third kappa shape index (κ3) is 15.3. The Labute approximate surface area is 729 Å². The molecule has 0 atom stereocenters. The number of aromatic nitrogens is 4. The molecule has 19 aromatic carbocycles. The Morgan fingerprint density at radius 3 is 0.960 bits per heavy atom. The lowest BCUT2D eigenvalue weighted by molar-refractivity contribution is 0.311. The molecule has 0 amide bonds. The van der Waals surface area contributed by atoms with Crippen molar-refractivity contribution in [2.24, 2.45) is 0 Å². The Hall–Kier alpha value is -16.2. The van der Waals surface area contributed by atoms with Crippen LogP contribution in [0.5, 0.6) is 17.2 Å². The van der Waals surface area contributed by atoms with E-state index < -0.39 is 15.1 Å². The molecule has 0 N–H and O–H groups in total. The lowest BCUT2D eigenvalue weighted by Crippen LogP contribution is -2.37. The van der Waals surface area contributed by atoms with Crippen LogP contribution in [0.15, 0.2) is 480 Å². The minimum Gasteiger partial charge on any atom is -0.576 e. The van der Waals surface area contributed by atoms with E-state index >= 15 is 0 Å². The number of nitrogens with zero attached hydrogens (tertiary/aromatic N) is 6. The van der Waals surface area contributed by atoms with Crippen molar-refractivity contribution in [2.45, 2.75) is 0 Å². The highest BCUT2D eigenvalue weighted by Crippen LogP contribution is 2.47. The fourth-order valence-electron chi connectivity index (χ4n) is 17.5. The topological polar surface area (TPSA) is 77.8 Å². The molecular weight excluding hydrogens is 1540 g/mol. The minimum absolute atomic E-state index is 0.608. The highest BCUT2D eigenvalue weighted by molar-refractivity contribution is 6.40. The van der Waals surface area contributed by atoms with Gasteiger partial charge in [0.25, 0.3) is 0 Å². The largest absolute Gasteiger partial charge is 1.20 e. The van der Waals surface area contributed by atoms with Crippen LogP contribution < -0.4 is 21.2 Å². The summed E-state index contributed by atoms with van der Waals surface area (Å²) in [4.78, 5) is 18.2. The van der Waals surface area contributed by atoms with E-state index in [2.05, 4.69) is 399 Å². The average Bonchev–Trinajstić information content (AvgIpc) is 1.46. The van der Waals surface area contributed by atoms with Crippen molar-refractivity contribution in [3.8, 4) is 67.4 Å². The summed E-state index contributed by atoms with van der Waals surface area (Å²) in [5, 5.41) is 15.5. The third-order valence-electron chi connectivity index (χ3n) is 23.3. The van der Waals surface area contributed by atoms with Crippen molar-refractivity contribution in [2.75, 3.05) is 9.80 Å². The summed E-state index contributed by atoms with van der Waals surface area (Å²) < 4.78 is 21.6. The van der Waals surface area contributed by atoms with Gasteiger partial charge in [-0.05, 0) is 204 Å². The first-order chi connectivity index (χ1) is 62.0. The first kappa shape index (κ1) is 76.2. The number of anilines is 6. The SMILES string of the molecule is c1ccc(-c2c3ccccc3c(-c3ccc(-c4ccc5c(c4)c4ccccc4n5-c4ccccc4)cc3)c3ccccc23)cc1.c1ccc(N(c2ccc(-c3ccc(N(c4ccccc4)c4cccc5ccccc45)cc3)cc2)c2cccc3ccccc23)cc1.c1cnc2c([O][Al]([O]c3cccc4cccnc34)[O]c3cccc4cccnc34)cccc2c1. The van der Waals surface area contributed by atoms with Gasteiger partial charge in [-0.25, -0.2) is 0 Å². The second-order valence-electron chi connectivity index (χ2n) is 30.8. The molecule has 0 spiro atoms. The highest BCUT2D eigenvalue weighted by atomic mass is 27.3. The number of benzene rings is 19. The number of fused-ring (bicyclic) bond motifs is 10. The molecule has 9 nitrogen and oxygen atoms in total. The van der Waals surface area contributed by atoms with Gasteiger partial charge in [0.05, 0.1) is 22.4 Å². The van der Waals surface area contributed by atoms with E-state index in [9.17, 15) is 0 Å². The Bertz CT molecular complexity index is 7400. The summed E-state index contributed by atoms with van der Waals surface area (Å²) in [5.41, 5.74) is 22.6. The van der Waals surface area contributed by atoms with Crippen LogP contribution in [0.1, 0.15) is 0 Å². The average molecular weight is 1620 g/mol. The maximum absolute atomic E-state index is 6.41. The second kappa shape index (κ2) is 34.5. The van der Waals surface area contributed by atoms with Gasteiger partial charge in [0.2, 0.25) is 0 Å². The van der Waals surface area contributed by atoms with Crippen LogP contribution in [0.4, 0.5) is 34.1 Å². The van der Waals surface area contributed by atoms with Crippen molar-refractivity contribution < 1.29 is 11.4 Å². The molecule has 0 fully saturated rings. The van der Waals surface area contributed by atoms with E-state index in [1.54, 1.807) is 18.6 Å². The molecule has 0 radical (unpaired) electrons.